The molecule has 0 aliphatic carbocycles. The van der Waals surface area contributed by atoms with Gasteiger partial charge in [0.1, 0.15) is 17.3 Å². The lowest BCUT2D eigenvalue weighted by Gasteiger charge is -2.08. The van der Waals surface area contributed by atoms with Crippen molar-refractivity contribution in [1.29, 1.82) is 0 Å². The molecule has 0 aliphatic rings. The zero-order valence-electron chi connectivity index (χ0n) is 10.3. The molecule has 0 spiro atoms. The Morgan fingerprint density at radius 1 is 1.48 bits per heavy atom. The summed E-state index contributed by atoms with van der Waals surface area (Å²) in [4.78, 5) is 10.3. The smallest absolute Gasteiger partial charge is 0.325 e. The number of halogens is 2. The molecule has 0 atom stereocenters. The number of benzene rings is 1. The molecular weight excluding hydrogens is 369 g/mol. The molecule has 0 bridgehead atoms. The van der Waals surface area contributed by atoms with Crippen molar-refractivity contribution in [1.82, 2.24) is 9.78 Å². The molecule has 0 fully saturated rings. The number of carbonyl (C=O) groups is 1. The third kappa shape index (κ3) is 3.79. The largest absolute Gasteiger partial charge is 0.480 e. The van der Waals surface area contributed by atoms with Crippen LogP contribution in [-0.4, -0.2) is 29.3 Å². The van der Waals surface area contributed by atoms with Crippen molar-refractivity contribution in [3.8, 4) is 0 Å². The van der Waals surface area contributed by atoms with Crippen molar-refractivity contribution in [2.45, 2.75) is 11.4 Å². The van der Waals surface area contributed by atoms with Crippen LogP contribution in [0.4, 0.5) is 10.1 Å². The first-order valence-corrected chi connectivity index (χ1v) is 7.78. The quantitative estimate of drug-likeness (QED) is 0.824. The molecule has 0 saturated heterocycles. The van der Waals surface area contributed by atoms with Gasteiger partial charge in [0.05, 0.1) is 11.9 Å². The summed E-state index contributed by atoms with van der Waals surface area (Å²) >= 11 is 3.04. The molecule has 2 rings (SSSR count). The van der Waals surface area contributed by atoms with Crippen molar-refractivity contribution in [2.24, 2.45) is 0 Å². The van der Waals surface area contributed by atoms with Crippen molar-refractivity contribution in [2.75, 3.05) is 4.72 Å². The maximum atomic E-state index is 13.0. The Hall–Kier alpha value is -1.94. The van der Waals surface area contributed by atoms with Crippen molar-refractivity contribution in [3.05, 3.63) is 40.9 Å². The molecular formula is C11H9BrFN3O4S. The highest BCUT2D eigenvalue weighted by molar-refractivity contribution is 9.10. The Bertz CT molecular complexity index is 791. The van der Waals surface area contributed by atoms with Crippen molar-refractivity contribution < 1.29 is 22.7 Å². The number of carboxylic acid groups (broad SMARTS) is 1. The number of sulfonamides is 1. The number of hydrogen-bond acceptors (Lipinski definition) is 4. The molecule has 1 heterocycles. The van der Waals surface area contributed by atoms with E-state index in [0.29, 0.717) is 0 Å². The summed E-state index contributed by atoms with van der Waals surface area (Å²) in [5.41, 5.74) is 0.155. The van der Waals surface area contributed by atoms with E-state index in [0.717, 1.165) is 29.2 Å². The fourth-order valence-electron chi connectivity index (χ4n) is 1.48. The summed E-state index contributed by atoms with van der Waals surface area (Å²) in [6.45, 7) is -0.449. The number of nitrogens with zero attached hydrogens (tertiary/aromatic N) is 2. The molecule has 0 aliphatic heterocycles. The number of aromatic nitrogens is 2. The summed E-state index contributed by atoms with van der Waals surface area (Å²) in [7, 11) is -3.94. The van der Waals surface area contributed by atoms with Crippen LogP contribution in [0.25, 0.3) is 0 Å². The van der Waals surface area contributed by atoms with Gasteiger partial charge in [-0.2, -0.15) is 5.10 Å². The van der Waals surface area contributed by atoms with Crippen molar-refractivity contribution in [3.63, 3.8) is 0 Å². The molecule has 112 valence electrons. The standard InChI is InChI=1S/C11H9BrFN3O4S/c12-9-3-7(13)1-2-10(9)15-21(19,20)8-4-14-16(5-8)6-11(17)18/h1-5,15H,6H2,(H,17,18). The first-order valence-electron chi connectivity index (χ1n) is 5.50. The zero-order valence-corrected chi connectivity index (χ0v) is 12.7. The van der Waals surface area contributed by atoms with E-state index in [9.17, 15) is 17.6 Å². The van der Waals surface area contributed by atoms with Gasteiger partial charge < -0.3 is 5.11 Å². The summed E-state index contributed by atoms with van der Waals surface area (Å²) in [6.07, 6.45) is 2.12. The molecule has 1 aromatic carbocycles. The van der Waals surface area contributed by atoms with Gasteiger partial charge in [0.25, 0.3) is 10.0 Å². The number of hydrogen-bond donors (Lipinski definition) is 2. The van der Waals surface area contributed by atoms with Crippen LogP contribution in [0.3, 0.4) is 0 Å². The lowest BCUT2D eigenvalue weighted by molar-refractivity contribution is -0.137. The van der Waals surface area contributed by atoms with Crippen LogP contribution in [-0.2, 0) is 21.4 Å². The third-order valence-corrected chi connectivity index (χ3v) is 4.37. The molecule has 0 saturated carbocycles. The SMILES string of the molecule is O=C(O)Cn1cc(S(=O)(=O)Nc2ccc(F)cc2Br)cn1. The van der Waals surface area contributed by atoms with Crippen LogP contribution in [0.2, 0.25) is 0 Å². The molecule has 2 N–H and O–H groups in total. The number of aliphatic carboxylic acids is 1. The van der Waals surface area contributed by atoms with Gasteiger partial charge in [-0.25, -0.2) is 12.8 Å². The van der Waals surface area contributed by atoms with Gasteiger partial charge in [-0.3, -0.25) is 14.2 Å². The number of nitrogens with one attached hydrogen (secondary N) is 1. The summed E-state index contributed by atoms with van der Waals surface area (Å²) in [5.74, 6) is -1.66. The van der Waals surface area contributed by atoms with Crippen molar-refractivity contribution >= 4 is 37.6 Å². The average Bonchev–Trinajstić information content (AvgIpc) is 2.81. The number of carboxylic acids is 1. The monoisotopic (exact) mass is 377 g/mol. The molecule has 7 nitrogen and oxygen atoms in total. The average molecular weight is 378 g/mol. The first kappa shape index (κ1) is 15.4. The Kier molecular flexibility index (Phi) is 4.28. The predicted octanol–water partition coefficient (Wildman–Crippen LogP) is 1.67. The lowest BCUT2D eigenvalue weighted by Crippen LogP contribution is -2.13. The highest BCUT2D eigenvalue weighted by Crippen LogP contribution is 2.25. The summed E-state index contributed by atoms with van der Waals surface area (Å²) in [6, 6.07) is 3.49. The molecule has 2 aromatic rings. The van der Waals surface area contributed by atoms with Crippen LogP contribution < -0.4 is 4.72 Å². The fraction of sp³-hybridized carbons (Fsp3) is 0.0909. The second-order valence-electron chi connectivity index (χ2n) is 4.00. The summed E-state index contributed by atoms with van der Waals surface area (Å²) in [5, 5.41) is 12.3. The molecule has 0 radical (unpaired) electrons. The Morgan fingerprint density at radius 2 is 2.19 bits per heavy atom. The third-order valence-electron chi connectivity index (χ3n) is 2.39. The van der Waals surface area contributed by atoms with E-state index in [2.05, 4.69) is 25.8 Å². The van der Waals surface area contributed by atoms with Gasteiger partial charge >= 0.3 is 5.97 Å². The van der Waals surface area contributed by atoms with Crippen LogP contribution in [0.5, 0.6) is 0 Å². The number of anilines is 1. The minimum absolute atomic E-state index is 0.155. The second kappa shape index (κ2) is 5.82. The highest BCUT2D eigenvalue weighted by Gasteiger charge is 2.18. The Labute approximate surface area is 127 Å². The second-order valence-corrected chi connectivity index (χ2v) is 6.53. The molecule has 0 unspecified atom stereocenters. The van der Waals surface area contributed by atoms with E-state index in [1.165, 1.54) is 6.07 Å². The van der Waals surface area contributed by atoms with Crippen LogP contribution >= 0.6 is 15.9 Å². The Morgan fingerprint density at radius 3 is 2.81 bits per heavy atom. The van der Waals surface area contributed by atoms with Crippen LogP contribution in [0.15, 0.2) is 40.0 Å². The molecule has 0 amide bonds. The van der Waals surface area contributed by atoms with E-state index in [-0.39, 0.29) is 15.1 Å². The topological polar surface area (TPSA) is 101 Å². The Balaban J connectivity index is 2.25. The molecule has 10 heteroatoms. The van der Waals surface area contributed by atoms with E-state index < -0.39 is 28.4 Å². The van der Waals surface area contributed by atoms with Gasteiger partial charge in [0.2, 0.25) is 0 Å². The fourth-order valence-corrected chi connectivity index (χ4v) is 3.10. The lowest BCUT2D eigenvalue weighted by atomic mass is 10.3. The molecule has 21 heavy (non-hydrogen) atoms. The highest BCUT2D eigenvalue weighted by atomic mass is 79.9. The van der Waals surface area contributed by atoms with E-state index in [1.54, 1.807) is 0 Å². The van der Waals surface area contributed by atoms with E-state index in [1.807, 2.05) is 0 Å². The van der Waals surface area contributed by atoms with Crippen LogP contribution in [0, 0.1) is 5.82 Å². The van der Waals surface area contributed by atoms with E-state index in [4.69, 9.17) is 5.11 Å². The van der Waals surface area contributed by atoms with E-state index >= 15 is 0 Å². The van der Waals surface area contributed by atoms with Gasteiger partial charge in [0.15, 0.2) is 0 Å². The predicted molar refractivity (Wildman–Crippen MR) is 74.8 cm³/mol. The maximum Gasteiger partial charge on any atom is 0.325 e. The summed E-state index contributed by atoms with van der Waals surface area (Å²) < 4.78 is 40.7. The zero-order chi connectivity index (χ0) is 15.6. The maximum absolute atomic E-state index is 13.0. The first-order chi connectivity index (χ1) is 9.78. The van der Waals surface area contributed by atoms with Gasteiger partial charge in [0, 0.05) is 10.7 Å². The van der Waals surface area contributed by atoms with Crippen LogP contribution in [0.1, 0.15) is 0 Å². The number of rotatable bonds is 5. The normalized spacial score (nSPS) is 11.3. The van der Waals surface area contributed by atoms with Gasteiger partial charge in [-0.05, 0) is 34.1 Å². The van der Waals surface area contributed by atoms with Gasteiger partial charge in [-0.15, -0.1) is 0 Å². The molecule has 1 aromatic heterocycles. The minimum Gasteiger partial charge on any atom is -0.480 e. The van der Waals surface area contributed by atoms with Gasteiger partial charge in [-0.1, -0.05) is 0 Å². The minimum atomic E-state index is -3.94.